The SMILES string of the molecule is CC(C)Oc1ccc(CCC(N)(CO)CO)cc1C12CC3CC(CC(C3)C1)C2. The maximum Gasteiger partial charge on any atom is 0.123 e. The van der Waals surface area contributed by atoms with Crippen LogP contribution >= 0.6 is 0 Å². The topological polar surface area (TPSA) is 75.7 Å². The molecular formula is C24H37NO3. The van der Waals surface area contributed by atoms with Crippen LogP contribution in [0.4, 0.5) is 0 Å². The minimum atomic E-state index is -0.909. The number of nitrogens with two attached hydrogens (primary N) is 1. The van der Waals surface area contributed by atoms with E-state index < -0.39 is 5.54 Å². The molecule has 0 heterocycles. The highest BCUT2D eigenvalue weighted by Crippen LogP contribution is 2.62. The fourth-order valence-electron chi connectivity index (χ4n) is 6.55. The third-order valence-electron chi connectivity index (χ3n) is 7.56. The molecule has 0 spiro atoms. The van der Waals surface area contributed by atoms with Crippen molar-refractivity contribution in [3.05, 3.63) is 29.3 Å². The quantitative estimate of drug-likeness (QED) is 0.637. The number of ether oxygens (including phenoxy) is 1. The van der Waals surface area contributed by atoms with E-state index in [0.29, 0.717) is 6.42 Å². The summed E-state index contributed by atoms with van der Waals surface area (Å²) in [6.45, 7) is 3.81. The van der Waals surface area contributed by atoms with E-state index in [1.165, 1.54) is 49.7 Å². The van der Waals surface area contributed by atoms with Crippen molar-refractivity contribution in [1.29, 1.82) is 0 Å². The van der Waals surface area contributed by atoms with Crippen LogP contribution in [-0.4, -0.2) is 35.1 Å². The van der Waals surface area contributed by atoms with E-state index in [2.05, 4.69) is 32.0 Å². The van der Waals surface area contributed by atoms with Crippen LogP contribution in [0, 0.1) is 17.8 Å². The van der Waals surface area contributed by atoms with Gasteiger partial charge in [-0.05, 0) is 100 Å². The number of benzene rings is 1. The molecular weight excluding hydrogens is 350 g/mol. The predicted octanol–water partition coefficient (Wildman–Crippen LogP) is 3.56. The molecule has 4 N–H and O–H groups in total. The summed E-state index contributed by atoms with van der Waals surface area (Å²) in [5, 5.41) is 19.0. The van der Waals surface area contributed by atoms with Gasteiger partial charge in [-0.1, -0.05) is 12.1 Å². The van der Waals surface area contributed by atoms with Crippen molar-refractivity contribution in [3.8, 4) is 5.75 Å². The van der Waals surface area contributed by atoms with Crippen molar-refractivity contribution in [2.24, 2.45) is 23.5 Å². The van der Waals surface area contributed by atoms with Crippen LogP contribution in [0.2, 0.25) is 0 Å². The van der Waals surface area contributed by atoms with Crippen LogP contribution < -0.4 is 10.5 Å². The van der Waals surface area contributed by atoms with E-state index in [-0.39, 0.29) is 24.7 Å². The summed E-state index contributed by atoms with van der Waals surface area (Å²) >= 11 is 0. The molecule has 0 aromatic heterocycles. The highest BCUT2D eigenvalue weighted by atomic mass is 16.5. The van der Waals surface area contributed by atoms with Crippen LogP contribution in [0.5, 0.6) is 5.75 Å². The van der Waals surface area contributed by atoms with E-state index in [1.54, 1.807) is 0 Å². The van der Waals surface area contributed by atoms with Crippen LogP contribution in [0.15, 0.2) is 18.2 Å². The maximum absolute atomic E-state index is 9.51. The second-order valence-electron chi connectivity index (χ2n) is 10.4. The average molecular weight is 388 g/mol. The third-order valence-corrected chi connectivity index (χ3v) is 7.56. The van der Waals surface area contributed by atoms with Crippen molar-refractivity contribution < 1.29 is 14.9 Å². The summed E-state index contributed by atoms with van der Waals surface area (Å²) in [6, 6.07) is 6.65. The molecule has 4 aliphatic rings. The second kappa shape index (κ2) is 7.62. The van der Waals surface area contributed by atoms with Gasteiger partial charge in [-0.3, -0.25) is 0 Å². The highest BCUT2D eigenvalue weighted by Gasteiger charge is 2.52. The van der Waals surface area contributed by atoms with Crippen LogP contribution in [-0.2, 0) is 11.8 Å². The summed E-state index contributed by atoms with van der Waals surface area (Å²) in [6.07, 6.45) is 9.73. The van der Waals surface area contributed by atoms with E-state index >= 15 is 0 Å². The number of aliphatic hydroxyl groups excluding tert-OH is 2. The molecule has 4 aliphatic carbocycles. The number of hydrogen-bond acceptors (Lipinski definition) is 4. The molecule has 1 aromatic rings. The van der Waals surface area contributed by atoms with Gasteiger partial charge in [-0.15, -0.1) is 0 Å². The summed E-state index contributed by atoms with van der Waals surface area (Å²) in [7, 11) is 0. The molecule has 5 rings (SSSR count). The molecule has 0 aliphatic heterocycles. The Hall–Kier alpha value is -1.10. The summed E-state index contributed by atoms with van der Waals surface area (Å²) < 4.78 is 6.27. The van der Waals surface area contributed by atoms with E-state index in [9.17, 15) is 10.2 Å². The molecule has 4 saturated carbocycles. The van der Waals surface area contributed by atoms with Gasteiger partial charge in [-0.25, -0.2) is 0 Å². The first kappa shape index (κ1) is 20.2. The van der Waals surface area contributed by atoms with Gasteiger partial charge in [0.25, 0.3) is 0 Å². The molecule has 156 valence electrons. The Morgan fingerprint density at radius 1 is 1.07 bits per heavy atom. The largest absolute Gasteiger partial charge is 0.491 e. The monoisotopic (exact) mass is 387 g/mol. The van der Waals surface area contributed by atoms with Crippen molar-refractivity contribution in [2.45, 2.75) is 82.3 Å². The molecule has 4 bridgehead atoms. The molecule has 0 amide bonds. The standard InChI is InChI=1S/C24H37NO3/c1-16(2)28-22-4-3-17(5-6-24(25,14-26)15-27)10-21(22)23-11-18-7-19(12-23)9-20(8-18)13-23/h3-4,10,16,18-20,26-27H,5-9,11-15,25H2,1-2H3. The highest BCUT2D eigenvalue weighted by molar-refractivity contribution is 5.44. The minimum absolute atomic E-state index is 0.166. The molecule has 4 fully saturated rings. The Morgan fingerprint density at radius 3 is 2.14 bits per heavy atom. The van der Waals surface area contributed by atoms with Gasteiger partial charge in [0.2, 0.25) is 0 Å². The van der Waals surface area contributed by atoms with Gasteiger partial charge in [0, 0.05) is 5.56 Å². The second-order valence-corrected chi connectivity index (χ2v) is 10.4. The number of rotatable bonds is 8. The molecule has 0 saturated heterocycles. The maximum atomic E-state index is 9.51. The molecule has 4 heteroatoms. The fraction of sp³-hybridized carbons (Fsp3) is 0.750. The summed E-state index contributed by atoms with van der Waals surface area (Å²) in [5.74, 6) is 3.73. The molecule has 0 radical (unpaired) electrons. The fourth-order valence-corrected chi connectivity index (χ4v) is 6.55. The zero-order valence-corrected chi connectivity index (χ0v) is 17.5. The van der Waals surface area contributed by atoms with Crippen molar-refractivity contribution >= 4 is 0 Å². The lowest BCUT2D eigenvalue weighted by Gasteiger charge is -2.57. The van der Waals surface area contributed by atoms with Gasteiger partial charge in [0.15, 0.2) is 0 Å². The van der Waals surface area contributed by atoms with Gasteiger partial charge in [0.05, 0.1) is 24.9 Å². The number of aryl methyl sites for hydroxylation is 1. The first-order chi connectivity index (χ1) is 13.3. The van der Waals surface area contributed by atoms with Crippen molar-refractivity contribution in [1.82, 2.24) is 0 Å². The first-order valence-corrected chi connectivity index (χ1v) is 11.2. The number of aliphatic hydroxyl groups is 2. The van der Waals surface area contributed by atoms with Gasteiger partial charge in [-0.2, -0.15) is 0 Å². The summed E-state index contributed by atoms with van der Waals surface area (Å²) in [4.78, 5) is 0. The van der Waals surface area contributed by atoms with Crippen LogP contribution in [0.3, 0.4) is 0 Å². The molecule has 0 atom stereocenters. The Kier molecular flexibility index (Phi) is 5.49. The summed E-state index contributed by atoms with van der Waals surface area (Å²) in [5.41, 5.74) is 8.12. The lowest BCUT2D eigenvalue weighted by Crippen LogP contribution is -2.48. The smallest absolute Gasteiger partial charge is 0.123 e. The zero-order valence-electron chi connectivity index (χ0n) is 17.5. The van der Waals surface area contributed by atoms with Crippen molar-refractivity contribution in [3.63, 3.8) is 0 Å². The van der Waals surface area contributed by atoms with Gasteiger partial charge >= 0.3 is 0 Å². The van der Waals surface area contributed by atoms with Crippen LogP contribution in [0.1, 0.15) is 69.9 Å². The Balaban J connectivity index is 1.64. The van der Waals surface area contributed by atoms with E-state index in [0.717, 1.165) is 29.9 Å². The number of hydrogen-bond donors (Lipinski definition) is 3. The third kappa shape index (κ3) is 3.83. The normalized spacial score (nSPS) is 31.6. The lowest BCUT2D eigenvalue weighted by molar-refractivity contribution is -0.00674. The average Bonchev–Trinajstić information content (AvgIpc) is 2.65. The minimum Gasteiger partial charge on any atom is -0.491 e. The van der Waals surface area contributed by atoms with E-state index in [4.69, 9.17) is 10.5 Å². The van der Waals surface area contributed by atoms with Crippen LogP contribution in [0.25, 0.3) is 0 Å². The molecule has 1 aromatic carbocycles. The first-order valence-electron chi connectivity index (χ1n) is 11.2. The Labute approximate surface area is 169 Å². The predicted molar refractivity (Wildman–Crippen MR) is 111 cm³/mol. The Morgan fingerprint density at radius 2 is 1.64 bits per heavy atom. The lowest BCUT2D eigenvalue weighted by atomic mass is 9.48. The molecule has 0 unspecified atom stereocenters. The zero-order chi connectivity index (χ0) is 19.9. The van der Waals surface area contributed by atoms with Crippen molar-refractivity contribution in [2.75, 3.05) is 13.2 Å². The van der Waals surface area contributed by atoms with Gasteiger partial charge < -0.3 is 20.7 Å². The van der Waals surface area contributed by atoms with E-state index in [1.807, 2.05) is 0 Å². The molecule has 4 nitrogen and oxygen atoms in total. The Bertz CT molecular complexity index is 660. The van der Waals surface area contributed by atoms with Gasteiger partial charge in [0.1, 0.15) is 5.75 Å². The molecule has 28 heavy (non-hydrogen) atoms.